The van der Waals surface area contributed by atoms with E-state index in [-0.39, 0.29) is 23.0 Å². The van der Waals surface area contributed by atoms with Crippen LogP contribution in [0.3, 0.4) is 0 Å². The summed E-state index contributed by atoms with van der Waals surface area (Å²) in [6, 6.07) is 6.09. The number of ether oxygens (including phenoxy) is 2. The summed E-state index contributed by atoms with van der Waals surface area (Å²) >= 11 is 0. The molecule has 1 aliphatic heterocycles. The van der Waals surface area contributed by atoms with Crippen molar-refractivity contribution in [2.24, 2.45) is 5.41 Å². The molecule has 4 nitrogen and oxygen atoms in total. The van der Waals surface area contributed by atoms with Gasteiger partial charge in [-0.25, -0.2) is 0 Å². The molecular weight excluding hydrogens is 278 g/mol. The Kier molecular flexibility index (Phi) is 4.73. The molecule has 1 fully saturated rings. The molecule has 0 saturated carbocycles. The van der Waals surface area contributed by atoms with Crippen LogP contribution in [-0.4, -0.2) is 37.0 Å². The fourth-order valence-corrected chi connectivity index (χ4v) is 3.10. The van der Waals surface area contributed by atoms with Crippen LogP contribution in [0.4, 0.5) is 0 Å². The number of hydrogen-bond donors (Lipinski definition) is 2. The van der Waals surface area contributed by atoms with Crippen molar-refractivity contribution in [3.8, 4) is 11.5 Å². The van der Waals surface area contributed by atoms with Crippen molar-refractivity contribution in [1.82, 2.24) is 5.32 Å². The third kappa shape index (κ3) is 3.39. The minimum Gasteiger partial charge on any atom is -0.493 e. The maximum absolute atomic E-state index is 10.2. The summed E-state index contributed by atoms with van der Waals surface area (Å²) in [4.78, 5) is 0. The molecule has 1 aromatic carbocycles. The van der Waals surface area contributed by atoms with Gasteiger partial charge in [0.25, 0.3) is 0 Å². The molecule has 124 valence electrons. The molecule has 0 amide bonds. The lowest BCUT2D eigenvalue weighted by Crippen LogP contribution is -2.36. The van der Waals surface area contributed by atoms with Gasteiger partial charge in [-0.3, -0.25) is 0 Å². The molecule has 2 rings (SSSR count). The molecule has 2 N–H and O–H groups in total. The molecule has 1 heterocycles. The zero-order valence-electron chi connectivity index (χ0n) is 14.6. The van der Waals surface area contributed by atoms with Gasteiger partial charge in [0.05, 0.1) is 13.2 Å². The highest BCUT2D eigenvalue weighted by Crippen LogP contribution is 2.44. The minimum absolute atomic E-state index is 0.173. The summed E-state index contributed by atoms with van der Waals surface area (Å²) in [6.45, 7) is 11.8. The fourth-order valence-electron chi connectivity index (χ4n) is 3.10. The average Bonchev–Trinajstić information content (AvgIpc) is 2.80. The lowest BCUT2D eigenvalue weighted by Gasteiger charge is -2.34. The average molecular weight is 307 g/mol. The Balaban J connectivity index is 2.38. The largest absolute Gasteiger partial charge is 0.493 e. The molecule has 1 saturated heterocycles. The first-order valence-electron chi connectivity index (χ1n) is 7.93. The number of aliphatic hydroxyl groups is 1. The van der Waals surface area contributed by atoms with Gasteiger partial charge in [0.15, 0.2) is 11.5 Å². The number of methoxy groups -OCH3 is 1. The van der Waals surface area contributed by atoms with Crippen molar-refractivity contribution in [3.63, 3.8) is 0 Å². The van der Waals surface area contributed by atoms with Gasteiger partial charge in [0, 0.05) is 24.4 Å². The predicted octanol–water partition coefficient (Wildman–Crippen LogP) is 2.95. The molecule has 0 aromatic heterocycles. The van der Waals surface area contributed by atoms with Gasteiger partial charge in [0.2, 0.25) is 0 Å². The van der Waals surface area contributed by atoms with Gasteiger partial charge >= 0.3 is 0 Å². The first-order valence-corrected chi connectivity index (χ1v) is 7.93. The number of rotatable bonds is 4. The number of nitrogens with one attached hydrogen (secondary N) is 1. The van der Waals surface area contributed by atoms with Gasteiger partial charge < -0.3 is 19.9 Å². The van der Waals surface area contributed by atoms with E-state index in [0.29, 0.717) is 0 Å². The first-order chi connectivity index (χ1) is 10.2. The van der Waals surface area contributed by atoms with Gasteiger partial charge in [-0.2, -0.15) is 0 Å². The molecule has 0 aliphatic carbocycles. The van der Waals surface area contributed by atoms with E-state index >= 15 is 0 Å². The number of benzene rings is 1. The van der Waals surface area contributed by atoms with E-state index in [1.54, 1.807) is 7.11 Å². The summed E-state index contributed by atoms with van der Waals surface area (Å²) in [6.07, 6.45) is -0.374. The third-order valence-corrected chi connectivity index (χ3v) is 4.61. The predicted molar refractivity (Wildman–Crippen MR) is 88.8 cm³/mol. The molecule has 0 radical (unpaired) electrons. The summed E-state index contributed by atoms with van der Waals surface area (Å²) in [5.41, 5.74) is 0.717. The van der Waals surface area contributed by atoms with Gasteiger partial charge in [-0.15, -0.1) is 0 Å². The van der Waals surface area contributed by atoms with Crippen LogP contribution in [0.25, 0.3) is 0 Å². The molecule has 1 aromatic rings. The van der Waals surface area contributed by atoms with Crippen LogP contribution in [0.1, 0.15) is 46.1 Å². The van der Waals surface area contributed by atoms with Crippen LogP contribution in [0.5, 0.6) is 11.5 Å². The third-order valence-electron chi connectivity index (χ3n) is 4.61. The Hall–Kier alpha value is -1.26. The van der Waals surface area contributed by atoms with Gasteiger partial charge in [0.1, 0.15) is 5.60 Å². The highest BCUT2D eigenvalue weighted by molar-refractivity contribution is 5.45. The zero-order valence-corrected chi connectivity index (χ0v) is 14.6. The van der Waals surface area contributed by atoms with Crippen molar-refractivity contribution in [1.29, 1.82) is 0 Å². The summed E-state index contributed by atoms with van der Waals surface area (Å²) in [7, 11) is 1.65. The maximum Gasteiger partial charge on any atom is 0.162 e. The second kappa shape index (κ2) is 6.09. The standard InChI is InChI=1S/C18H29NO3/c1-12(20)18(5)11-19-10-14(18)13-7-8-15(21-6)16(9-13)22-17(2,3)4/h7-9,12,14,19-20H,10-11H2,1-6H3/t12-,14?,18?/m1/s1. The van der Waals surface area contributed by atoms with Crippen LogP contribution in [-0.2, 0) is 0 Å². The molecule has 4 heteroatoms. The van der Waals surface area contributed by atoms with E-state index in [4.69, 9.17) is 9.47 Å². The summed E-state index contributed by atoms with van der Waals surface area (Å²) in [5.74, 6) is 1.75. The second-order valence-corrected chi connectivity index (χ2v) is 7.49. The Morgan fingerprint density at radius 1 is 1.32 bits per heavy atom. The van der Waals surface area contributed by atoms with Crippen LogP contribution in [0.15, 0.2) is 18.2 Å². The molecule has 0 spiro atoms. The van der Waals surface area contributed by atoms with Crippen molar-refractivity contribution in [3.05, 3.63) is 23.8 Å². The first kappa shape index (κ1) is 17.1. The topological polar surface area (TPSA) is 50.7 Å². The van der Waals surface area contributed by atoms with Crippen LogP contribution >= 0.6 is 0 Å². The second-order valence-electron chi connectivity index (χ2n) is 7.49. The maximum atomic E-state index is 10.2. The highest BCUT2D eigenvalue weighted by Gasteiger charge is 2.43. The molecule has 22 heavy (non-hydrogen) atoms. The summed E-state index contributed by atoms with van der Waals surface area (Å²) in [5, 5.41) is 13.6. The number of aliphatic hydroxyl groups excluding tert-OH is 1. The SMILES string of the molecule is COc1ccc(C2CNCC2(C)[C@@H](C)O)cc1OC(C)(C)C. The monoisotopic (exact) mass is 307 g/mol. The van der Waals surface area contributed by atoms with E-state index in [1.807, 2.05) is 33.8 Å². The van der Waals surface area contributed by atoms with Gasteiger partial charge in [-0.1, -0.05) is 13.0 Å². The Morgan fingerprint density at radius 3 is 2.55 bits per heavy atom. The molecule has 0 bridgehead atoms. The molecule has 1 aliphatic rings. The Bertz CT molecular complexity index is 522. The van der Waals surface area contributed by atoms with E-state index in [1.165, 1.54) is 5.56 Å². The van der Waals surface area contributed by atoms with E-state index in [2.05, 4.69) is 24.4 Å². The van der Waals surface area contributed by atoms with Crippen LogP contribution in [0, 0.1) is 5.41 Å². The van der Waals surface area contributed by atoms with E-state index in [0.717, 1.165) is 24.6 Å². The van der Waals surface area contributed by atoms with Crippen molar-refractivity contribution in [2.75, 3.05) is 20.2 Å². The smallest absolute Gasteiger partial charge is 0.162 e. The zero-order chi connectivity index (χ0) is 16.5. The van der Waals surface area contributed by atoms with Gasteiger partial charge in [-0.05, 0) is 45.4 Å². The van der Waals surface area contributed by atoms with Crippen molar-refractivity contribution >= 4 is 0 Å². The summed E-state index contributed by atoms with van der Waals surface area (Å²) < 4.78 is 11.5. The molecular formula is C18H29NO3. The van der Waals surface area contributed by atoms with Crippen molar-refractivity contribution < 1.29 is 14.6 Å². The highest BCUT2D eigenvalue weighted by atomic mass is 16.5. The molecule has 2 unspecified atom stereocenters. The quantitative estimate of drug-likeness (QED) is 0.898. The van der Waals surface area contributed by atoms with Crippen molar-refractivity contribution in [2.45, 2.75) is 52.2 Å². The van der Waals surface area contributed by atoms with Crippen LogP contribution in [0.2, 0.25) is 0 Å². The normalized spacial score (nSPS) is 26.8. The van der Waals surface area contributed by atoms with E-state index < -0.39 is 0 Å². The lowest BCUT2D eigenvalue weighted by molar-refractivity contribution is 0.0547. The van der Waals surface area contributed by atoms with Crippen LogP contribution < -0.4 is 14.8 Å². The fraction of sp³-hybridized carbons (Fsp3) is 0.667. The Morgan fingerprint density at radius 2 is 2.00 bits per heavy atom. The Labute approximate surface area is 133 Å². The number of hydrogen-bond acceptors (Lipinski definition) is 4. The molecule has 3 atom stereocenters. The lowest BCUT2D eigenvalue weighted by atomic mass is 9.72. The minimum atomic E-state index is -0.374. The van der Waals surface area contributed by atoms with E-state index in [9.17, 15) is 5.11 Å².